The number of aromatic nitrogens is 1. The van der Waals surface area contributed by atoms with E-state index in [1.54, 1.807) is 54.6 Å². The van der Waals surface area contributed by atoms with Gasteiger partial charge in [0.05, 0.1) is 18.7 Å². The lowest BCUT2D eigenvalue weighted by Gasteiger charge is -2.31. The van der Waals surface area contributed by atoms with Crippen molar-refractivity contribution in [3.05, 3.63) is 59.9 Å². The van der Waals surface area contributed by atoms with Crippen LogP contribution in [0.15, 0.2) is 48.8 Å². The standard InChI is InChI=1S/C31H43N5O4/c1-21(2)19-35(30(38)24-9-11-27(40-3)12-10-24)26-15-28(36(20-26)31(39)25-8-5-13-33-18-25)29(37)34-17-23-7-4-6-22(14-23)16-32/h5,8-13,18,21-23,26,28H,4,6-7,14-17,19-20,32H2,1-3H3,(H,34,37). The summed E-state index contributed by atoms with van der Waals surface area (Å²) >= 11 is 0. The lowest BCUT2D eigenvalue weighted by Crippen LogP contribution is -2.47. The first-order valence-corrected chi connectivity index (χ1v) is 14.4. The van der Waals surface area contributed by atoms with Gasteiger partial charge in [0.15, 0.2) is 0 Å². The number of nitrogens with two attached hydrogens (primary N) is 1. The molecule has 4 unspecified atom stereocenters. The minimum absolute atomic E-state index is 0.119. The Labute approximate surface area is 237 Å². The summed E-state index contributed by atoms with van der Waals surface area (Å²) in [6.45, 7) is 6.16. The van der Waals surface area contributed by atoms with Crippen LogP contribution in [0, 0.1) is 17.8 Å². The quantitative estimate of drug-likeness (QED) is 0.469. The van der Waals surface area contributed by atoms with Crippen LogP contribution in [0.25, 0.3) is 0 Å². The molecule has 4 rings (SSSR count). The van der Waals surface area contributed by atoms with E-state index < -0.39 is 6.04 Å². The zero-order valence-electron chi connectivity index (χ0n) is 23.9. The Morgan fingerprint density at radius 3 is 2.50 bits per heavy atom. The molecule has 0 radical (unpaired) electrons. The van der Waals surface area contributed by atoms with Crippen molar-refractivity contribution in [1.29, 1.82) is 0 Å². The molecule has 1 aromatic heterocycles. The van der Waals surface area contributed by atoms with Crippen molar-refractivity contribution in [2.45, 2.75) is 58.0 Å². The van der Waals surface area contributed by atoms with Gasteiger partial charge in [-0.25, -0.2) is 0 Å². The molecule has 216 valence electrons. The number of nitrogens with zero attached hydrogens (tertiary/aromatic N) is 3. The van der Waals surface area contributed by atoms with E-state index >= 15 is 0 Å². The number of likely N-dealkylation sites (tertiary alicyclic amines) is 1. The maximum Gasteiger partial charge on any atom is 0.256 e. The van der Waals surface area contributed by atoms with Crippen LogP contribution in [0.2, 0.25) is 0 Å². The summed E-state index contributed by atoms with van der Waals surface area (Å²) in [5, 5.41) is 3.14. The Morgan fingerprint density at radius 1 is 1.10 bits per heavy atom. The third-order valence-electron chi connectivity index (χ3n) is 8.14. The molecule has 2 aromatic rings. The van der Waals surface area contributed by atoms with Gasteiger partial charge in [0.2, 0.25) is 5.91 Å². The van der Waals surface area contributed by atoms with E-state index in [4.69, 9.17) is 10.5 Å². The topological polar surface area (TPSA) is 118 Å². The van der Waals surface area contributed by atoms with Gasteiger partial charge >= 0.3 is 0 Å². The summed E-state index contributed by atoms with van der Waals surface area (Å²) in [7, 11) is 1.59. The smallest absolute Gasteiger partial charge is 0.256 e. The molecule has 9 nitrogen and oxygen atoms in total. The van der Waals surface area contributed by atoms with E-state index in [1.165, 1.54) is 6.20 Å². The zero-order chi connectivity index (χ0) is 28.6. The number of hydrogen-bond donors (Lipinski definition) is 2. The molecular weight excluding hydrogens is 506 g/mol. The van der Waals surface area contributed by atoms with Crippen molar-refractivity contribution in [2.24, 2.45) is 23.5 Å². The average Bonchev–Trinajstić information content (AvgIpc) is 3.44. The van der Waals surface area contributed by atoms with E-state index in [1.807, 2.05) is 4.90 Å². The highest BCUT2D eigenvalue weighted by Crippen LogP contribution is 2.29. The van der Waals surface area contributed by atoms with Crippen molar-refractivity contribution < 1.29 is 19.1 Å². The Kier molecular flexibility index (Phi) is 10.1. The summed E-state index contributed by atoms with van der Waals surface area (Å²) in [6, 6.07) is 9.49. The molecule has 1 saturated heterocycles. The minimum atomic E-state index is -0.676. The molecule has 4 atom stereocenters. The summed E-state index contributed by atoms with van der Waals surface area (Å²) in [4.78, 5) is 48.5. The Bertz CT molecular complexity index is 1140. The van der Waals surface area contributed by atoms with Crippen molar-refractivity contribution >= 4 is 17.7 Å². The number of rotatable bonds is 10. The van der Waals surface area contributed by atoms with Crippen LogP contribution in [-0.4, -0.2) is 77.9 Å². The van der Waals surface area contributed by atoms with E-state index in [2.05, 4.69) is 24.1 Å². The van der Waals surface area contributed by atoms with Crippen molar-refractivity contribution in [1.82, 2.24) is 20.1 Å². The number of benzene rings is 1. The number of hydrogen-bond acceptors (Lipinski definition) is 6. The van der Waals surface area contributed by atoms with Crippen molar-refractivity contribution in [3.63, 3.8) is 0 Å². The van der Waals surface area contributed by atoms with Crippen LogP contribution in [0.5, 0.6) is 5.75 Å². The minimum Gasteiger partial charge on any atom is -0.497 e. The molecule has 0 spiro atoms. The average molecular weight is 550 g/mol. The molecule has 1 aromatic carbocycles. The Balaban J connectivity index is 1.55. The highest BCUT2D eigenvalue weighted by molar-refractivity contribution is 5.98. The van der Waals surface area contributed by atoms with E-state index in [-0.39, 0.29) is 36.2 Å². The van der Waals surface area contributed by atoms with Crippen molar-refractivity contribution in [3.8, 4) is 5.75 Å². The molecule has 1 aliphatic carbocycles. The number of nitrogens with one attached hydrogen (secondary N) is 1. The normalized spacial score (nSPS) is 22.7. The lowest BCUT2D eigenvalue weighted by atomic mass is 9.81. The highest BCUT2D eigenvalue weighted by atomic mass is 16.5. The fraction of sp³-hybridized carbons (Fsp3) is 0.548. The second-order valence-electron chi connectivity index (χ2n) is 11.6. The first-order chi connectivity index (χ1) is 19.3. The van der Waals surface area contributed by atoms with E-state index in [0.29, 0.717) is 54.8 Å². The summed E-state index contributed by atoms with van der Waals surface area (Å²) in [6.07, 6.45) is 7.87. The first-order valence-electron chi connectivity index (χ1n) is 14.4. The summed E-state index contributed by atoms with van der Waals surface area (Å²) < 4.78 is 5.25. The van der Waals surface area contributed by atoms with Gasteiger partial charge in [-0.2, -0.15) is 0 Å². The van der Waals surface area contributed by atoms with Crippen LogP contribution in [-0.2, 0) is 4.79 Å². The number of amides is 3. The molecule has 3 amide bonds. The molecule has 1 aliphatic heterocycles. The van der Waals surface area contributed by atoms with E-state index in [9.17, 15) is 14.4 Å². The maximum absolute atomic E-state index is 13.7. The van der Waals surface area contributed by atoms with Crippen LogP contribution in [0.3, 0.4) is 0 Å². The number of ether oxygens (including phenoxy) is 1. The molecule has 2 aliphatic rings. The molecule has 3 N–H and O–H groups in total. The molecule has 2 heterocycles. The largest absolute Gasteiger partial charge is 0.497 e. The summed E-state index contributed by atoms with van der Waals surface area (Å²) in [5.74, 6) is 1.23. The number of carbonyl (C=O) groups is 3. The SMILES string of the molecule is COc1ccc(C(=O)N(CC(C)C)C2CC(C(=O)NCC3CCCC(CN)C3)N(C(=O)c3cccnc3)C2)cc1. The van der Waals surface area contributed by atoms with E-state index in [0.717, 1.165) is 25.7 Å². The van der Waals surface area contributed by atoms with Gasteiger partial charge in [-0.3, -0.25) is 19.4 Å². The second kappa shape index (κ2) is 13.7. The van der Waals surface area contributed by atoms with Crippen LogP contribution in [0.4, 0.5) is 0 Å². The second-order valence-corrected chi connectivity index (χ2v) is 11.6. The fourth-order valence-corrected chi connectivity index (χ4v) is 6.02. The highest BCUT2D eigenvalue weighted by Gasteiger charge is 2.43. The molecule has 2 fully saturated rings. The van der Waals surface area contributed by atoms with Gasteiger partial charge < -0.3 is 25.6 Å². The molecule has 40 heavy (non-hydrogen) atoms. The first kappa shape index (κ1) is 29.5. The van der Waals surface area contributed by atoms with Crippen molar-refractivity contribution in [2.75, 3.05) is 33.3 Å². The van der Waals surface area contributed by atoms with Gasteiger partial charge in [0, 0.05) is 37.6 Å². The third kappa shape index (κ3) is 7.18. The van der Waals surface area contributed by atoms with Crippen LogP contribution >= 0.6 is 0 Å². The molecule has 0 bridgehead atoms. The monoisotopic (exact) mass is 549 g/mol. The summed E-state index contributed by atoms with van der Waals surface area (Å²) in [5.41, 5.74) is 6.89. The van der Waals surface area contributed by atoms with Crippen LogP contribution < -0.4 is 15.8 Å². The van der Waals surface area contributed by atoms with Gasteiger partial charge in [-0.1, -0.05) is 20.3 Å². The van der Waals surface area contributed by atoms with Gasteiger partial charge in [0.25, 0.3) is 11.8 Å². The third-order valence-corrected chi connectivity index (χ3v) is 8.14. The molecule has 9 heteroatoms. The maximum atomic E-state index is 13.7. The van der Waals surface area contributed by atoms with Gasteiger partial charge in [-0.15, -0.1) is 0 Å². The van der Waals surface area contributed by atoms with Gasteiger partial charge in [-0.05, 0) is 86.4 Å². The number of pyridine rings is 1. The Hall–Kier alpha value is -3.46. The predicted octanol–water partition coefficient (Wildman–Crippen LogP) is 3.35. The van der Waals surface area contributed by atoms with Gasteiger partial charge in [0.1, 0.15) is 11.8 Å². The Morgan fingerprint density at radius 2 is 1.85 bits per heavy atom. The fourth-order valence-electron chi connectivity index (χ4n) is 6.02. The lowest BCUT2D eigenvalue weighted by molar-refractivity contribution is -0.125. The number of methoxy groups -OCH3 is 1. The predicted molar refractivity (Wildman–Crippen MR) is 154 cm³/mol. The molecule has 1 saturated carbocycles. The van der Waals surface area contributed by atoms with Crippen LogP contribution in [0.1, 0.15) is 66.7 Å². The molecular formula is C31H43N5O4. The zero-order valence-corrected chi connectivity index (χ0v) is 23.9. The number of carbonyl (C=O) groups excluding carboxylic acids is 3.